The number of fused-ring (bicyclic) bond motifs is 8. The highest BCUT2D eigenvalue weighted by molar-refractivity contribution is 6.21. The highest BCUT2D eigenvalue weighted by Gasteiger charge is 2.22. The van der Waals surface area contributed by atoms with Gasteiger partial charge in [-0.25, -0.2) is 0 Å². The number of furan rings is 2. The summed E-state index contributed by atoms with van der Waals surface area (Å²) in [6, 6.07) is 79.9. The Bertz CT molecular complexity index is 3550. The second kappa shape index (κ2) is 14.3. The lowest BCUT2D eigenvalue weighted by molar-refractivity contribution is 0.670. The van der Waals surface area contributed by atoms with E-state index in [0.29, 0.717) is 0 Å². The predicted molar refractivity (Wildman–Crippen MR) is 255 cm³/mol. The van der Waals surface area contributed by atoms with Crippen molar-refractivity contribution in [1.29, 1.82) is 0 Å². The van der Waals surface area contributed by atoms with E-state index in [4.69, 9.17) is 8.83 Å². The summed E-state index contributed by atoms with van der Waals surface area (Å²) in [5.41, 5.74) is 15.7. The SMILES string of the molecule is c1ccc(-c2ccc(-c3cc(N(c4ccc(-c5ccccc5)cc4)c4ccc(-c5cccc6c5oc5ccccc56)cc4)cc4c3oc3ccc5ccccc5c34)cc2)cc1. The van der Waals surface area contributed by atoms with Crippen LogP contribution in [0.25, 0.3) is 99.2 Å². The normalized spacial score (nSPS) is 11.6. The first kappa shape index (κ1) is 34.9. The van der Waals surface area contributed by atoms with Gasteiger partial charge in [-0.3, -0.25) is 0 Å². The second-order valence-electron chi connectivity index (χ2n) is 15.7. The van der Waals surface area contributed by atoms with Crippen molar-refractivity contribution >= 4 is 71.7 Å². The molecule has 3 heteroatoms. The monoisotopic (exact) mass is 779 g/mol. The average Bonchev–Trinajstić information content (AvgIpc) is 3.92. The van der Waals surface area contributed by atoms with Crippen LogP contribution >= 0.6 is 0 Å². The van der Waals surface area contributed by atoms with E-state index in [1.807, 2.05) is 12.1 Å². The number of nitrogens with zero attached hydrogens (tertiary/aromatic N) is 1. The van der Waals surface area contributed by atoms with Gasteiger partial charge in [-0.05, 0) is 92.7 Å². The molecule has 0 fully saturated rings. The number of hydrogen-bond acceptors (Lipinski definition) is 3. The van der Waals surface area contributed by atoms with Crippen molar-refractivity contribution in [1.82, 2.24) is 0 Å². The molecule has 0 amide bonds. The summed E-state index contributed by atoms with van der Waals surface area (Å²) in [4.78, 5) is 2.37. The number of anilines is 3. The molecule has 0 spiro atoms. The van der Waals surface area contributed by atoms with Gasteiger partial charge in [-0.1, -0.05) is 176 Å². The van der Waals surface area contributed by atoms with Crippen molar-refractivity contribution < 1.29 is 8.83 Å². The van der Waals surface area contributed by atoms with E-state index in [-0.39, 0.29) is 0 Å². The van der Waals surface area contributed by atoms with E-state index >= 15 is 0 Å². The van der Waals surface area contributed by atoms with Crippen LogP contribution in [0, 0.1) is 0 Å². The van der Waals surface area contributed by atoms with Crippen LogP contribution in [0.4, 0.5) is 17.1 Å². The fourth-order valence-electron chi connectivity index (χ4n) is 9.10. The summed E-state index contributed by atoms with van der Waals surface area (Å²) in [6.07, 6.45) is 0. The fraction of sp³-hybridized carbons (Fsp3) is 0. The van der Waals surface area contributed by atoms with Gasteiger partial charge in [0.1, 0.15) is 22.3 Å². The largest absolute Gasteiger partial charge is 0.455 e. The van der Waals surface area contributed by atoms with Crippen LogP contribution in [-0.2, 0) is 0 Å². The van der Waals surface area contributed by atoms with Gasteiger partial charge in [0.2, 0.25) is 0 Å². The van der Waals surface area contributed by atoms with Crippen LogP contribution in [0.15, 0.2) is 233 Å². The molecule has 0 aliphatic heterocycles. The molecule has 0 saturated heterocycles. The lowest BCUT2D eigenvalue weighted by Crippen LogP contribution is -2.10. The Hall–Kier alpha value is -8.14. The van der Waals surface area contributed by atoms with Crippen molar-refractivity contribution in [3.63, 3.8) is 0 Å². The molecular weight excluding hydrogens is 743 g/mol. The van der Waals surface area contributed by atoms with E-state index in [1.54, 1.807) is 0 Å². The zero-order valence-corrected chi connectivity index (χ0v) is 33.1. The first-order valence-corrected chi connectivity index (χ1v) is 20.7. The lowest BCUT2D eigenvalue weighted by atomic mass is 9.96. The van der Waals surface area contributed by atoms with Gasteiger partial charge in [0.05, 0.1) is 0 Å². The molecule has 0 saturated carbocycles. The Morgan fingerprint density at radius 2 is 0.787 bits per heavy atom. The maximum atomic E-state index is 6.87. The van der Waals surface area contributed by atoms with Crippen LogP contribution < -0.4 is 4.90 Å². The number of hydrogen-bond donors (Lipinski definition) is 0. The minimum absolute atomic E-state index is 0.871. The first-order chi connectivity index (χ1) is 30.2. The molecule has 0 bridgehead atoms. The molecular formula is C58H37NO2. The maximum Gasteiger partial charge on any atom is 0.143 e. The highest BCUT2D eigenvalue weighted by atomic mass is 16.3. The van der Waals surface area contributed by atoms with Crippen molar-refractivity contribution in [2.45, 2.75) is 0 Å². The Labute approximate surface area is 353 Å². The molecule has 2 aromatic heterocycles. The summed E-state index contributed by atoms with van der Waals surface area (Å²) >= 11 is 0. The molecule has 12 rings (SSSR count). The molecule has 10 aromatic carbocycles. The summed E-state index contributed by atoms with van der Waals surface area (Å²) in [7, 11) is 0. The van der Waals surface area contributed by atoms with Crippen LogP contribution in [0.1, 0.15) is 0 Å². The zero-order valence-electron chi connectivity index (χ0n) is 33.1. The summed E-state index contributed by atoms with van der Waals surface area (Å²) in [5.74, 6) is 0. The summed E-state index contributed by atoms with van der Waals surface area (Å²) < 4.78 is 13.3. The van der Waals surface area contributed by atoms with Crippen molar-refractivity contribution in [3.8, 4) is 44.5 Å². The molecule has 0 radical (unpaired) electrons. The quantitative estimate of drug-likeness (QED) is 0.161. The molecule has 0 atom stereocenters. The summed E-state index contributed by atoms with van der Waals surface area (Å²) in [6.45, 7) is 0. The molecule has 0 unspecified atom stereocenters. The van der Waals surface area contributed by atoms with E-state index in [2.05, 4.69) is 217 Å². The number of benzene rings is 10. The second-order valence-corrected chi connectivity index (χ2v) is 15.7. The third-order valence-electron chi connectivity index (χ3n) is 12.1. The Balaban J connectivity index is 1.07. The van der Waals surface area contributed by atoms with Crippen LogP contribution in [0.2, 0.25) is 0 Å². The van der Waals surface area contributed by atoms with E-state index in [0.717, 1.165) is 83.2 Å². The Kier molecular flexibility index (Phi) is 8.17. The molecule has 0 N–H and O–H groups in total. The van der Waals surface area contributed by atoms with Gasteiger partial charge in [0.15, 0.2) is 0 Å². The summed E-state index contributed by atoms with van der Waals surface area (Å²) in [5, 5.41) is 6.79. The molecule has 61 heavy (non-hydrogen) atoms. The third-order valence-corrected chi connectivity index (χ3v) is 12.1. The zero-order chi connectivity index (χ0) is 40.3. The molecule has 286 valence electrons. The maximum absolute atomic E-state index is 6.87. The number of para-hydroxylation sites is 2. The molecule has 12 aromatic rings. The average molecular weight is 780 g/mol. The minimum Gasteiger partial charge on any atom is -0.455 e. The van der Waals surface area contributed by atoms with Crippen LogP contribution in [0.5, 0.6) is 0 Å². The van der Waals surface area contributed by atoms with E-state index in [9.17, 15) is 0 Å². The smallest absolute Gasteiger partial charge is 0.143 e. The Morgan fingerprint density at radius 1 is 0.279 bits per heavy atom. The van der Waals surface area contributed by atoms with Gasteiger partial charge in [-0.2, -0.15) is 0 Å². The lowest BCUT2D eigenvalue weighted by Gasteiger charge is -2.27. The van der Waals surface area contributed by atoms with Crippen molar-refractivity contribution in [2.75, 3.05) is 4.90 Å². The Morgan fingerprint density at radius 3 is 1.49 bits per heavy atom. The standard InChI is InChI=1S/C58H37NO2/c1-3-12-38(13-4-1)40-22-24-44(25-23-40)52-36-47(37-53-56-48-17-8-7-16-42(48)30-35-55(56)61-58(52)53)59(45-31-26-41(27-32-45)39-14-5-2-6-15-39)46-33-28-43(29-34-46)49-19-11-20-51-50-18-9-10-21-54(50)60-57(49)51/h1-37H. The van der Waals surface area contributed by atoms with Crippen LogP contribution in [0.3, 0.4) is 0 Å². The molecule has 3 nitrogen and oxygen atoms in total. The highest BCUT2D eigenvalue weighted by Crippen LogP contribution is 2.46. The minimum atomic E-state index is 0.871. The predicted octanol–water partition coefficient (Wildman–Crippen LogP) is 16.8. The topological polar surface area (TPSA) is 29.5 Å². The number of rotatable bonds is 7. The van der Waals surface area contributed by atoms with Gasteiger partial charge in [-0.15, -0.1) is 0 Å². The van der Waals surface area contributed by atoms with Crippen molar-refractivity contribution in [3.05, 3.63) is 224 Å². The van der Waals surface area contributed by atoms with Crippen LogP contribution in [-0.4, -0.2) is 0 Å². The van der Waals surface area contributed by atoms with Gasteiger partial charge in [0.25, 0.3) is 0 Å². The van der Waals surface area contributed by atoms with Gasteiger partial charge < -0.3 is 13.7 Å². The van der Waals surface area contributed by atoms with Gasteiger partial charge >= 0.3 is 0 Å². The molecule has 2 heterocycles. The third kappa shape index (κ3) is 5.98. The van der Waals surface area contributed by atoms with E-state index < -0.39 is 0 Å². The molecule has 0 aliphatic carbocycles. The van der Waals surface area contributed by atoms with Gasteiger partial charge in [0, 0.05) is 49.7 Å². The van der Waals surface area contributed by atoms with E-state index in [1.165, 1.54) is 33.0 Å². The van der Waals surface area contributed by atoms with Crippen molar-refractivity contribution in [2.24, 2.45) is 0 Å². The fourth-order valence-corrected chi connectivity index (χ4v) is 9.10. The first-order valence-electron chi connectivity index (χ1n) is 20.7. The molecule has 0 aliphatic rings.